The van der Waals surface area contributed by atoms with Gasteiger partial charge in [0.05, 0.1) is 19.2 Å². The van der Waals surface area contributed by atoms with Crippen LogP contribution in [0.3, 0.4) is 0 Å². The van der Waals surface area contributed by atoms with E-state index in [0.29, 0.717) is 32.3 Å². The molecule has 2 fully saturated rings. The fraction of sp³-hybridized carbons (Fsp3) is 0.585. The lowest BCUT2D eigenvalue weighted by Gasteiger charge is -2.29. The summed E-state index contributed by atoms with van der Waals surface area (Å²) < 4.78 is 5.41. The molecule has 0 bridgehead atoms. The molecule has 52 heavy (non-hydrogen) atoms. The van der Waals surface area contributed by atoms with Crippen LogP contribution in [0.5, 0.6) is 0 Å². The van der Waals surface area contributed by atoms with Gasteiger partial charge in [0.15, 0.2) is 5.78 Å². The van der Waals surface area contributed by atoms with Crippen LogP contribution in [-0.4, -0.2) is 90.3 Å². The molecule has 0 radical (unpaired) electrons. The zero-order valence-electron chi connectivity index (χ0n) is 31.6. The molecule has 4 N–H and O–H groups in total. The van der Waals surface area contributed by atoms with Gasteiger partial charge in [-0.25, -0.2) is 0 Å². The van der Waals surface area contributed by atoms with E-state index in [9.17, 15) is 24.0 Å². The van der Waals surface area contributed by atoms with Gasteiger partial charge >= 0.3 is 0 Å². The zero-order valence-corrected chi connectivity index (χ0v) is 31.6. The molecule has 2 aliphatic rings. The van der Waals surface area contributed by atoms with E-state index in [4.69, 9.17) is 4.74 Å². The number of epoxide rings is 1. The van der Waals surface area contributed by atoms with Crippen LogP contribution in [0.4, 0.5) is 0 Å². The number of Topliss-reactive ketones (excluding diaryl/α,β-unsaturated/α-hetero) is 1. The summed E-state index contributed by atoms with van der Waals surface area (Å²) in [5, 5.41) is 11.7. The Kier molecular flexibility index (Phi) is 15.4. The maximum absolute atomic E-state index is 14.1. The van der Waals surface area contributed by atoms with Crippen LogP contribution >= 0.6 is 0 Å². The summed E-state index contributed by atoms with van der Waals surface area (Å²) in [6, 6.07) is 15.5. The van der Waals surface area contributed by atoms with Gasteiger partial charge in [-0.3, -0.25) is 28.9 Å². The van der Waals surface area contributed by atoms with E-state index in [-0.39, 0.29) is 36.5 Å². The number of benzene rings is 2. The molecule has 0 aromatic heterocycles. The quantitative estimate of drug-likeness (QED) is 0.153. The molecular weight excluding hydrogens is 658 g/mol. The molecule has 2 saturated heterocycles. The van der Waals surface area contributed by atoms with Gasteiger partial charge in [0.25, 0.3) is 0 Å². The van der Waals surface area contributed by atoms with E-state index in [1.165, 1.54) is 0 Å². The molecule has 2 aromatic rings. The number of piperidine rings is 1. The van der Waals surface area contributed by atoms with E-state index in [1.807, 2.05) is 88.4 Å². The summed E-state index contributed by atoms with van der Waals surface area (Å²) in [5.41, 5.74) is 0.945. The van der Waals surface area contributed by atoms with Crippen LogP contribution in [0.15, 0.2) is 60.7 Å². The summed E-state index contributed by atoms with van der Waals surface area (Å²) in [6.07, 6.45) is 5.08. The highest BCUT2D eigenvalue weighted by molar-refractivity contribution is 5.98. The summed E-state index contributed by atoms with van der Waals surface area (Å²) in [6.45, 7) is 11.8. The third kappa shape index (κ3) is 13.2. The van der Waals surface area contributed by atoms with E-state index in [0.717, 1.165) is 43.5 Å². The highest BCUT2D eigenvalue weighted by atomic mass is 16.6. The number of likely N-dealkylation sites (tertiary alicyclic amines) is 1. The van der Waals surface area contributed by atoms with Crippen LogP contribution in [0, 0.1) is 11.8 Å². The Morgan fingerprint density at radius 1 is 0.673 bits per heavy atom. The second-order valence-electron chi connectivity index (χ2n) is 15.5. The van der Waals surface area contributed by atoms with Gasteiger partial charge in [-0.1, -0.05) is 94.8 Å². The smallest absolute Gasteiger partial charge is 0.243 e. The maximum Gasteiger partial charge on any atom is 0.243 e. The number of amides is 4. The van der Waals surface area contributed by atoms with Crippen molar-refractivity contribution in [3.63, 3.8) is 0 Å². The summed E-state index contributed by atoms with van der Waals surface area (Å²) >= 11 is 0. The minimum atomic E-state index is -1.02. The van der Waals surface area contributed by atoms with Crippen LogP contribution in [0.25, 0.3) is 0 Å². The van der Waals surface area contributed by atoms with Crippen LogP contribution in [0.1, 0.15) is 84.3 Å². The number of carbonyl (C=O) groups excluding carboxylic acids is 5. The first-order valence-electron chi connectivity index (χ1n) is 19.0. The SMILES string of the molecule is CC(C)CC(NC(=O)[C@H](CCc1ccccc1)NC(=O)CN1CCCCC1)C(=O)N[C@@H](Cc1ccccc1)C(=O)NC(CC(C)C)C(=O)C1(C)CO1. The number of nitrogens with zero attached hydrogens (tertiary/aromatic N) is 1. The average molecular weight is 718 g/mol. The summed E-state index contributed by atoms with van der Waals surface area (Å²) in [5.74, 6) is -1.71. The average Bonchev–Trinajstić information content (AvgIpc) is 3.87. The molecule has 0 saturated carbocycles. The fourth-order valence-electron chi connectivity index (χ4n) is 6.69. The number of nitrogens with one attached hydrogen (secondary N) is 4. The summed E-state index contributed by atoms with van der Waals surface area (Å²) in [7, 11) is 0. The van der Waals surface area contributed by atoms with Crippen molar-refractivity contribution in [3.8, 4) is 0 Å². The molecule has 11 heteroatoms. The first kappa shape index (κ1) is 40.7. The van der Waals surface area contributed by atoms with Gasteiger partial charge < -0.3 is 26.0 Å². The van der Waals surface area contributed by atoms with Crippen molar-refractivity contribution in [1.82, 2.24) is 26.2 Å². The normalized spacial score (nSPS) is 19.6. The number of aryl methyl sites for hydroxylation is 1. The Morgan fingerprint density at radius 2 is 1.17 bits per heavy atom. The Morgan fingerprint density at radius 3 is 1.75 bits per heavy atom. The maximum atomic E-state index is 14.1. The minimum absolute atomic E-state index is 0.0289. The van der Waals surface area contributed by atoms with Crippen molar-refractivity contribution in [3.05, 3.63) is 71.8 Å². The van der Waals surface area contributed by atoms with Gasteiger partial charge in [0, 0.05) is 6.42 Å². The number of ether oxygens (including phenoxy) is 1. The van der Waals surface area contributed by atoms with Gasteiger partial charge in [-0.05, 0) is 81.5 Å². The Balaban J connectivity index is 1.51. The zero-order chi connectivity index (χ0) is 37.7. The van der Waals surface area contributed by atoms with E-state index >= 15 is 0 Å². The first-order valence-corrected chi connectivity index (χ1v) is 19.0. The molecule has 5 atom stereocenters. The van der Waals surface area contributed by atoms with Crippen LogP contribution in [0.2, 0.25) is 0 Å². The largest absolute Gasteiger partial charge is 0.361 e. The number of ketones is 1. The van der Waals surface area contributed by atoms with Gasteiger partial charge in [-0.2, -0.15) is 0 Å². The number of hydrogen-bond acceptors (Lipinski definition) is 7. The molecule has 0 spiro atoms. The molecule has 4 rings (SSSR count). The second kappa shape index (κ2) is 19.7. The first-order chi connectivity index (χ1) is 24.8. The predicted molar refractivity (Wildman–Crippen MR) is 201 cm³/mol. The van der Waals surface area contributed by atoms with Crippen molar-refractivity contribution in [2.75, 3.05) is 26.2 Å². The third-order valence-electron chi connectivity index (χ3n) is 9.73. The van der Waals surface area contributed by atoms with Gasteiger partial charge in [0.2, 0.25) is 23.6 Å². The highest BCUT2D eigenvalue weighted by Crippen LogP contribution is 2.29. The molecule has 2 heterocycles. The summed E-state index contributed by atoms with van der Waals surface area (Å²) in [4.78, 5) is 70.7. The third-order valence-corrected chi connectivity index (χ3v) is 9.73. The Labute approximate surface area is 309 Å². The van der Waals surface area contributed by atoms with Crippen LogP contribution in [-0.2, 0) is 41.6 Å². The van der Waals surface area contributed by atoms with Crippen molar-refractivity contribution in [1.29, 1.82) is 0 Å². The predicted octanol–water partition coefficient (Wildman–Crippen LogP) is 3.74. The molecule has 2 aliphatic heterocycles. The molecular formula is C41H59N5O6. The molecule has 0 aliphatic carbocycles. The molecule has 2 aromatic carbocycles. The lowest BCUT2D eigenvalue weighted by Crippen LogP contribution is -2.59. The van der Waals surface area contributed by atoms with E-state index in [1.54, 1.807) is 6.92 Å². The standard InChI is InChI=1S/C41H59N5O6/c1-28(2)23-33(37(48)41(5)27-52-41)43-40(51)35(25-31-17-11-7-12-18-31)45-39(50)34(24-29(3)4)44-38(49)32(20-19-30-15-9-6-10-16-30)42-36(47)26-46-21-13-8-14-22-46/h6-7,9-12,15-18,28-29,32-35H,8,13-14,19-27H2,1-5H3,(H,42,47)(H,43,51)(H,44,49)(H,45,50)/t32-,33?,34?,35-,41?/m0/s1. The highest BCUT2D eigenvalue weighted by Gasteiger charge is 2.50. The minimum Gasteiger partial charge on any atom is -0.361 e. The van der Waals surface area contributed by atoms with Gasteiger partial charge in [-0.15, -0.1) is 0 Å². The molecule has 284 valence electrons. The van der Waals surface area contributed by atoms with E-state index in [2.05, 4.69) is 26.2 Å². The monoisotopic (exact) mass is 717 g/mol. The fourth-order valence-corrected chi connectivity index (χ4v) is 6.69. The van der Waals surface area contributed by atoms with E-state index < -0.39 is 47.5 Å². The Bertz CT molecular complexity index is 1470. The number of hydrogen-bond donors (Lipinski definition) is 4. The Hall–Kier alpha value is -4.09. The number of carbonyl (C=O) groups is 5. The van der Waals surface area contributed by atoms with Crippen molar-refractivity contribution in [2.45, 2.75) is 116 Å². The lowest BCUT2D eigenvalue weighted by molar-refractivity contribution is -0.135. The lowest BCUT2D eigenvalue weighted by atomic mass is 9.93. The number of rotatable bonds is 20. The molecule has 4 amide bonds. The van der Waals surface area contributed by atoms with Gasteiger partial charge in [0.1, 0.15) is 23.7 Å². The molecule has 11 nitrogen and oxygen atoms in total. The van der Waals surface area contributed by atoms with Crippen LogP contribution < -0.4 is 21.3 Å². The topological polar surface area (TPSA) is 149 Å². The van der Waals surface area contributed by atoms with Crippen molar-refractivity contribution < 1.29 is 28.7 Å². The molecule has 3 unspecified atom stereocenters. The van der Waals surface area contributed by atoms with Crippen molar-refractivity contribution >= 4 is 29.4 Å². The van der Waals surface area contributed by atoms with Crippen molar-refractivity contribution in [2.24, 2.45) is 11.8 Å². The second-order valence-corrected chi connectivity index (χ2v) is 15.5.